The first-order valence-electron chi connectivity index (χ1n) is 13.3. The fraction of sp³-hybridized carbons (Fsp3) is 0.294. The SMILES string of the molecule is Cc1cc(C(C)(C)c2ccc(C(C)(c3cc(C)c(O)c(CO)c3)c3cc(C)c(O)c(CO)c3)cc2)cc(O)c1O. The molecule has 0 aliphatic heterocycles. The van der Waals surface area contributed by atoms with Gasteiger partial charge in [0.25, 0.3) is 0 Å². The van der Waals surface area contributed by atoms with E-state index in [9.17, 15) is 30.6 Å². The Labute approximate surface area is 235 Å². The van der Waals surface area contributed by atoms with Crippen molar-refractivity contribution in [3.63, 3.8) is 0 Å². The van der Waals surface area contributed by atoms with Crippen molar-refractivity contribution in [2.75, 3.05) is 0 Å². The van der Waals surface area contributed by atoms with Gasteiger partial charge in [0.2, 0.25) is 0 Å². The van der Waals surface area contributed by atoms with Crippen LogP contribution in [0, 0.1) is 20.8 Å². The first kappa shape index (κ1) is 29.0. The fourth-order valence-electron chi connectivity index (χ4n) is 5.53. The topological polar surface area (TPSA) is 121 Å². The molecule has 6 N–H and O–H groups in total. The number of phenolic OH excluding ortho intramolecular Hbond substituents is 2. The molecule has 6 nitrogen and oxygen atoms in total. The van der Waals surface area contributed by atoms with Crippen LogP contribution in [0.2, 0.25) is 0 Å². The summed E-state index contributed by atoms with van der Waals surface area (Å²) in [6.07, 6.45) is 0. The van der Waals surface area contributed by atoms with Gasteiger partial charge < -0.3 is 30.6 Å². The van der Waals surface area contributed by atoms with Gasteiger partial charge in [0.1, 0.15) is 11.5 Å². The number of phenols is 4. The predicted molar refractivity (Wildman–Crippen MR) is 156 cm³/mol. The summed E-state index contributed by atoms with van der Waals surface area (Å²) in [5.41, 5.74) is 5.90. The molecular formula is C34H38O6. The number of aliphatic hydroxyl groups is 2. The number of hydrogen-bond donors (Lipinski definition) is 6. The second kappa shape index (κ2) is 10.5. The van der Waals surface area contributed by atoms with Crippen LogP contribution in [0.25, 0.3) is 0 Å². The fourth-order valence-corrected chi connectivity index (χ4v) is 5.53. The molecule has 40 heavy (non-hydrogen) atoms. The van der Waals surface area contributed by atoms with Crippen molar-refractivity contribution in [2.24, 2.45) is 0 Å². The maximum Gasteiger partial charge on any atom is 0.160 e. The van der Waals surface area contributed by atoms with Crippen LogP contribution in [-0.2, 0) is 24.0 Å². The van der Waals surface area contributed by atoms with E-state index in [1.54, 1.807) is 39.0 Å². The molecule has 0 spiro atoms. The van der Waals surface area contributed by atoms with Crippen molar-refractivity contribution < 1.29 is 30.6 Å². The van der Waals surface area contributed by atoms with Gasteiger partial charge in [0.05, 0.1) is 13.2 Å². The molecule has 0 amide bonds. The normalized spacial score (nSPS) is 12.1. The van der Waals surface area contributed by atoms with Crippen LogP contribution < -0.4 is 0 Å². The molecular weight excluding hydrogens is 504 g/mol. The zero-order chi connectivity index (χ0) is 29.6. The van der Waals surface area contributed by atoms with Gasteiger partial charge in [-0.1, -0.05) is 56.3 Å². The maximum absolute atomic E-state index is 10.5. The van der Waals surface area contributed by atoms with Crippen LogP contribution in [-0.4, -0.2) is 30.6 Å². The Balaban J connectivity index is 1.93. The summed E-state index contributed by atoms with van der Waals surface area (Å²) in [6, 6.07) is 19.0. The van der Waals surface area contributed by atoms with Crippen molar-refractivity contribution in [3.8, 4) is 23.0 Å². The van der Waals surface area contributed by atoms with Gasteiger partial charge in [-0.3, -0.25) is 0 Å². The van der Waals surface area contributed by atoms with Crippen molar-refractivity contribution >= 4 is 0 Å². The Morgan fingerprint density at radius 3 is 1.32 bits per heavy atom. The summed E-state index contributed by atoms with van der Waals surface area (Å²) in [4.78, 5) is 0. The highest BCUT2D eigenvalue weighted by atomic mass is 16.3. The Morgan fingerprint density at radius 2 is 0.900 bits per heavy atom. The highest BCUT2D eigenvalue weighted by Crippen LogP contribution is 2.44. The minimum atomic E-state index is -0.777. The predicted octanol–water partition coefficient (Wildman–Crippen LogP) is 6.10. The van der Waals surface area contributed by atoms with Gasteiger partial charge in [0, 0.05) is 22.0 Å². The minimum Gasteiger partial charge on any atom is -0.507 e. The number of aromatic hydroxyl groups is 4. The van der Waals surface area contributed by atoms with Gasteiger partial charge in [-0.2, -0.15) is 0 Å². The van der Waals surface area contributed by atoms with Crippen LogP contribution in [0.4, 0.5) is 0 Å². The molecule has 0 aliphatic carbocycles. The van der Waals surface area contributed by atoms with E-state index in [2.05, 4.69) is 20.8 Å². The smallest absolute Gasteiger partial charge is 0.160 e. The highest BCUT2D eigenvalue weighted by Gasteiger charge is 2.34. The average Bonchev–Trinajstić information content (AvgIpc) is 2.93. The Kier molecular flexibility index (Phi) is 7.63. The Hall–Kier alpha value is -4.00. The van der Waals surface area contributed by atoms with Crippen LogP contribution >= 0.6 is 0 Å². The van der Waals surface area contributed by atoms with E-state index in [0.29, 0.717) is 27.8 Å². The summed E-state index contributed by atoms with van der Waals surface area (Å²) in [5, 5.41) is 61.3. The third kappa shape index (κ3) is 4.78. The molecule has 0 aliphatic rings. The number of benzene rings is 4. The molecule has 0 fully saturated rings. The lowest BCUT2D eigenvalue weighted by atomic mass is 9.69. The second-order valence-corrected chi connectivity index (χ2v) is 11.4. The average molecular weight is 543 g/mol. The largest absolute Gasteiger partial charge is 0.507 e. The molecule has 0 saturated carbocycles. The summed E-state index contributed by atoms with van der Waals surface area (Å²) in [7, 11) is 0. The van der Waals surface area contributed by atoms with Gasteiger partial charge >= 0.3 is 0 Å². The van der Waals surface area contributed by atoms with Gasteiger partial charge in [-0.05, 0) is 90.4 Å². The molecule has 0 bridgehead atoms. The summed E-state index contributed by atoms with van der Waals surface area (Å²) in [6.45, 7) is 10.9. The van der Waals surface area contributed by atoms with Crippen molar-refractivity contribution in [1.82, 2.24) is 0 Å². The van der Waals surface area contributed by atoms with Crippen molar-refractivity contribution in [1.29, 1.82) is 0 Å². The van der Waals surface area contributed by atoms with E-state index < -0.39 is 10.8 Å². The number of aryl methyl sites for hydroxylation is 3. The van der Waals surface area contributed by atoms with Gasteiger partial charge in [0.15, 0.2) is 11.5 Å². The Morgan fingerprint density at radius 1 is 0.500 bits per heavy atom. The summed E-state index contributed by atoms with van der Waals surface area (Å²) < 4.78 is 0. The minimum absolute atomic E-state index is 0.0519. The lowest BCUT2D eigenvalue weighted by molar-refractivity contribution is 0.275. The molecule has 4 aromatic carbocycles. The molecule has 4 rings (SSSR count). The monoisotopic (exact) mass is 542 g/mol. The summed E-state index contributed by atoms with van der Waals surface area (Å²) >= 11 is 0. The quantitative estimate of drug-likeness (QED) is 0.124. The van der Waals surface area contributed by atoms with Crippen LogP contribution in [0.5, 0.6) is 23.0 Å². The number of hydrogen-bond acceptors (Lipinski definition) is 6. The molecule has 0 unspecified atom stereocenters. The molecule has 4 aromatic rings. The van der Waals surface area contributed by atoms with Crippen molar-refractivity contribution in [2.45, 2.75) is 65.6 Å². The number of rotatable bonds is 7. The molecule has 210 valence electrons. The Bertz CT molecular complexity index is 1480. The van der Waals surface area contributed by atoms with E-state index in [1.165, 1.54) is 0 Å². The van der Waals surface area contributed by atoms with Gasteiger partial charge in [-0.25, -0.2) is 0 Å². The third-order valence-electron chi connectivity index (χ3n) is 8.44. The molecule has 0 heterocycles. The molecule has 0 aromatic heterocycles. The van der Waals surface area contributed by atoms with E-state index in [4.69, 9.17) is 0 Å². The molecule has 6 heteroatoms. The zero-order valence-corrected chi connectivity index (χ0v) is 23.9. The van der Waals surface area contributed by atoms with E-state index in [-0.39, 0.29) is 36.2 Å². The van der Waals surface area contributed by atoms with Crippen LogP contribution in [0.3, 0.4) is 0 Å². The van der Waals surface area contributed by atoms with E-state index in [0.717, 1.165) is 27.8 Å². The molecule has 0 saturated heterocycles. The molecule has 0 atom stereocenters. The standard InChI is InChI=1S/C34H38O6/c1-19-12-27(14-22(17-35)30(19)38)34(6,28-13-20(2)31(39)23(15-28)18-36)25-9-7-24(8-10-25)33(4,5)26-11-21(3)32(40)29(37)16-26/h7-16,35-40H,17-18H2,1-6H3. The highest BCUT2D eigenvalue weighted by molar-refractivity contribution is 5.58. The maximum atomic E-state index is 10.5. The van der Waals surface area contributed by atoms with Crippen molar-refractivity contribution in [3.05, 3.63) is 116 Å². The third-order valence-corrected chi connectivity index (χ3v) is 8.44. The van der Waals surface area contributed by atoms with E-state index in [1.807, 2.05) is 42.5 Å². The number of aliphatic hydroxyl groups excluding tert-OH is 2. The second-order valence-electron chi connectivity index (χ2n) is 11.4. The lowest BCUT2D eigenvalue weighted by Gasteiger charge is -2.34. The van der Waals surface area contributed by atoms with Gasteiger partial charge in [-0.15, -0.1) is 0 Å². The molecule has 0 radical (unpaired) electrons. The zero-order valence-electron chi connectivity index (χ0n) is 23.9. The van der Waals surface area contributed by atoms with Crippen LogP contribution in [0.1, 0.15) is 76.4 Å². The lowest BCUT2D eigenvalue weighted by Crippen LogP contribution is -2.27. The van der Waals surface area contributed by atoms with Crippen LogP contribution in [0.15, 0.2) is 60.7 Å². The van der Waals surface area contributed by atoms with E-state index >= 15 is 0 Å². The first-order valence-corrected chi connectivity index (χ1v) is 13.3. The summed E-state index contributed by atoms with van der Waals surface area (Å²) in [5.74, 6) is -0.173. The first-order chi connectivity index (χ1) is 18.7.